The quantitative estimate of drug-likeness (QED) is 0.832. The third kappa shape index (κ3) is 4.66. The Morgan fingerprint density at radius 3 is 2.48 bits per heavy atom. The number of rotatable bonds is 7. The summed E-state index contributed by atoms with van der Waals surface area (Å²) in [6.07, 6.45) is 2.55. The van der Waals surface area contributed by atoms with Crippen molar-refractivity contribution in [2.75, 3.05) is 12.8 Å². The summed E-state index contributed by atoms with van der Waals surface area (Å²) in [7, 11) is -3.25. The molecule has 0 radical (unpaired) electrons. The maximum atomic E-state index is 13.5. The van der Waals surface area contributed by atoms with Crippen molar-refractivity contribution < 1.29 is 12.8 Å². The molecule has 0 saturated carbocycles. The highest BCUT2D eigenvalue weighted by Gasteiger charge is 2.38. The maximum Gasteiger partial charge on any atom is 0.154 e. The van der Waals surface area contributed by atoms with Gasteiger partial charge in [-0.05, 0) is 50.9 Å². The van der Waals surface area contributed by atoms with Gasteiger partial charge in [0.2, 0.25) is 0 Å². The SMILES string of the molecule is CCCNC(Cc1ccc(Cl)c(F)c1)C(C)(C)S(C)(=O)=O. The van der Waals surface area contributed by atoms with Gasteiger partial charge in [-0.2, -0.15) is 0 Å². The fourth-order valence-electron chi connectivity index (χ4n) is 2.04. The summed E-state index contributed by atoms with van der Waals surface area (Å²) < 4.78 is 36.7. The van der Waals surface area contributed by atoms with E-state index in [1.165, 1.54) is 18.4 Å². The Balaban J connectivity index is 3.05. The van der Waals surface area contributed by atoms with Crippen LogP contribution in [0.15, 0.2) is 18.2 Å². The van der Waals surface area contributed by atoms with E-state index in [1.807, 2.05) is 6.92 Å². The number of sulfone groups is 1. The largest absolute Gasteiger partial charge is 0.312 e. The van der Waals surface area contributed by atoms with Crippen LogP contribution in [0.2, 0.25) is 5.02 Å². The van der Waals surface area contributed by atoms with Gasteiger partial charge < -0.3 is 5.32 Å². The van der Waals surface area contributed by atoms with E-state index in [9.17, 15) is 12.8 Å². The lowest BCUT2D eigenvalue weighted by Gasteiger charge is -2.33. The molecule has 1 aromatic rings. The van der Waals surface area contributed by atoms with Gasteiger partial charge in [0.15, 0.2) is 9.84 Å². The minimum Gasteiger partial charge on any atom is -0.312 e. The van der Waals surface area contributed by atoms with E-state index < -0.39 is 20.4 Å². The van der Waals surface area contributed by atoms with Crippen LogP contribution in [0, 0.1) is 5.82 Å². The van der Waals surface area contributed by atoms with Gasteiger partial charge in [0.05, 0.1) is 9.77 Å². The topological polar surface area (TPSA) is 46.2 Å². The second-order valence-corrected chi connectivity index (χ2v) is 8.84. The van der Waals surface area contributed by atoms with Crippen LogP contribution in [-0.2, 0) is 16.3 Å². The number of benzene rings is 1. The lowest BCUT2D eigenvalue weighted by molar-refractivity contribution is 0.406. The average Bonchev–Trinajstić information content (AvgIpc) is 2.37. The molecule has 3 nitrogen and oxygen atoms in total. The molecule has 0 heterocycles. The molecule has 1 N–H and O–H groups in total. The lowest BCUT2D eigenvalue weighted by atomic mass is 9.95. The van der Waals surface area contributed by atoms with Gasteiger partial charge in [-0.25, -0.2) is 12.8 Å². The van der Waals surface area contributed by atoms with E-state index in [-0.39, 0.29) is 11.1 Å². The fraction of sp³-hybridized carbons (Fsp3) is 0.600. The number of halogens is 2. The van der Waals surface area contributed by atoms with Crippen LogP contribution in [0.5, 0.6) is 0 Å². The van der Waals surface area contributed by atoms with Crippen molar-refractivity contribution in [2.24, 2.45) is 0 Å². The first-order chi connectivity index (χ1) is 9.59. The molecule has 1 atom stereocenters. The van der Waals surface area contributed by atoms with E-state index >= 15 is 0 Å². The number of nitrogens with one attached hydrogen (secondary N) is 1. The molecular formula is C15H23ClFNO2S. The fourth-order valence-corrected chi connectivity index (χ4v) is 2.84. The molecule has 0 amide bonds. The molecule has 0 saturated heterocycles. The summed E-state index contributed by atoms with van der Waals surface area (Å²) in [5, 5.41) is 3.33. The van der Waals surface area contributed by atoms with Crippen molar-refractivity contribution in [1.82, 2.24) is 5.32 Å². The van der Waals surface area contributed by atoms with Crippen molar-refractivity contribution >= 4 is 21.4 Å². The van der Waals surface area contributed by atoms with Crippen LogP contribution in [0.4, 0.5) is 4.39 Å². The molecule has 0 bridgehead atoms. The molecule has 0 spiro atoms. The monoisotopic (exact) mass is 335 g/mol. The summed E-state index contributed by atoms with van der Waals surface area (Å²) in [4.78, 5) is 0. The Kier molecular flexibility index (Phi) is 6.20. The van der Waals surface area contributed by atoms with Gasteiger partial charge in [-0.3, -0.25) is 0 Å². The van der Waals surface area contributed by atoms with E-state index in [4.69, 9.17) is 11.6 Å². The summed E-state index contributed by atoms with van der Waals surface area (Å²) in [6, 6.07) is 4.29. The highest BCUT2D eigenvalue weighted by molar-refractivity contribution is 7.92. The molecule has 120 valence electrons. The molecule has 0 aromatic heterocycles. The zero-order chi connectivity index (χ0) is 16.3. The van der Waals surface area contributed by atoms with Gasteiger partial charge in [0.25, 0.3) is 0 Å². The van der Waals surface area contributed by atoms with Crippen LogP contribution in [0.1, 0.15) is 32.8 Å². The number of hydrogen-bond acceptors (Lipinski definition) is 3. The Morgan fingerprint density at radius 1 is 1.38 bits per heavy atom. The second-order valence-electron chi connectivity index (χ2n) is 5.83. The highest BCUT2D eigenvalue weighted by Crippen LogP contribution is 2.24. The highest BCUT2D eigenvalue weighted by atomic mass is 35.5. The normalized spacial score (nSPS) is 14.2. The summed E-state index contributed by atoms with van der Waals surface area (Å²) >= 11 is 5.68. The van der Waals surface area contributed by atoms with E-state index in [0.717, 1.165) is 12.0 Å². The molecule has 6 heteroatoms. The molecule has 21 heavy (non-hydrogen) atoms. The Hall–Kier alpha value is -0.650. The molecular weight excluding hydrogens is 313 g/mol. The first kappa shape index (κ1) is 18.4. The van der Waals surface area contributed by atoms with Crippen LogP contribution in [-0.4, -0.2) is 32.0 Å². The first-order valence-corrected chi connectivity index (χ1v) is 9.23. The lowest BCUT2D eigenvalue weighted by Crippen LogP contribution is -2.52. The van der Waals surface area contributed by atoms with Crippen LogP contribution >= 0.6 is 11.6 Å². The summed E-state index contributed by atoms with van der Waals surface area (Å²) in [5.74, 6) is -0.486. The Morgan fingerprint density at radius 2 is 2.00 bits per heavy atom. The molecule has 0 aliphatic rings. The van der Waals surface area contributed by atoms with Crippen molar-refractivity contribution in [3.05, 3.63) is 34.6 Å². The number of hydrogen-bond donors (Lipinski definition) is 1. The van der Waals surface area contributed by atoms with E-state index in [1.54, 1.807) is 19.9 Å². The second kappa shape index (κ2) is 7.07. The van der Waals surface area contributed by atoms with Gasteiger partial charge in [-0.1, -0.05) is 24.6 Å². The van der Waals surface area contributed by atoms with Gasteiger partial charge in [-0.15, -0.1) is 0 Å². The Labute approximate surface area is 131 Å². The molecule has 0 aliphatic carbocycles. The predicted octanol–water partition coefficient (Wildman–Crippen LogP) is 3.21. The van der Waals surface area contributed by atoms with Gasteiger partial charge >= 0.3 is 0 Å². The van der Waals surface area contributed by atoms with Crippen LogP contribution in [0.25, 0.3) is 0 Å². The van der Waals surface area contributed by atoms with Gasteiger partial charge in [0.1, 0.15) is 5.82 Å². The summed E-state index contributed by atoms with van der Waals surface area (Å²) in [6.45, 7) is 6.11. The maximum absolute atomic E-state index is 13.5. The molecule has 0 fully saturated rings. The Bertz CT molecular complexity index is 587. The van der Waals surface area contributed by atoms with Crippen molar-refractivity contribution in [3.63, 3.8) is 0 Å². The zero-order valence-electron chi connectivity index (χ0n) is 12.9. The average molecular weight is 336 g/mol. The minimum atomic E-state index is -3.25. The van der Waals surface area contributed by atoms with E-state index in [2.05, 4.69) is 5.32 Å². The first-order valence-electron chi connectivity index (χ1n) is 6.96. The molecule has 0 aliphatic heterocycles. The standard InChI is InChI=1S/C15H23ClFNO2S/c1-5-8-18-14(15(2,3)21(4,19)20)10-11-6-7-12(16)13(17)9-11/h6-7,9,14,18H,5,8,10H2,1-4H3. The van der Waals surface area contributed by atoms with E-state index in [0.29, 0.717) is 13.0 Å². The molecule has 1 rings (SSSR count). The van der Waals surface area contributed by atoms with Crippen LogP contribution in [0.3, 0.4) is 0 Å². The van der Waals surface area contributed by atoms with Crippen LogP contribution < -0.4 is 5.32 Å². The minimum absolute atomic E-state index is 0.0687. The summed E-state index contributed by atoms with van der Waals surface area (Å²) in [5.41, 5.74) is 0.724. The van der Waals surface area contributed by atoms with Crippen molar-refractivity contribution in [2.45, 2.75) is 44.4 Å². The van der Waals surface area contributed by atoms with Crippen molar-refractivity contribution in [1.29, 1.82) is 0 Å². The third-order valence-electron chi connectivity index (χ3n) is 3.86. The molecule has 1 unspecified atom stereocenters. The molecule has 1 aromatic carbocycles. The third-order valence-corrected chi connectivity index (χ3v) is 6.36. The van der Waals surface area contributed by atoms with Crippen molar-refractivity contribution in [3.8, 4) is 0 Å². The zero-order valence-corrected chi connectivity index (χ0v) is 14.5. The predicted molar refractivity (Wildman–Crippen MR) is 86.1 cm³/mol. The van der Waals surface area contributed by atoms with Gasteiger partial charge in [0, 0.05) is 12.3 Å². The smallest absolute Gasteiger partial charge is 0.154 e.